The lowest BCUT2D eigenvalue weighted by molar-refractivity contribution is -0.119. The molecule has 4 rings (SSSR count). The van der Waals surface area contributed by atoms with Gasteiger partial charge in [0.15, 0.2) is 0 Å². The minimum Gasteiger partial charge on any atom is -0.487 e. The van der Waals surface area contributed by atoms with Gasteiger partial charge in [0, 0.05) is 24.2 Å². The molecule has 0 fully saturated rings. The molecule has 0 radical (unpaired) electrons. The number of benzene rings is 2. The molecule has 0 unspecified atom stereocenters. The SMILES string of the molecule is CC(=O)NNCc1cc2cnc(Nc3ccc(OCc4cccc(F)c4)c(Cl)c3)nc2cn1. The lowest BCUT2D eigenvalue weighted by Crippen LogP contribution is -2.35. The fourth-order valence-corrected chi connectivity index (χ4v) is 3.24. The lowest BCUT2D eigenvalue weighted by atomic mass is 10.2. The van der Waals surface area contributed by atoms with E-state index in [0.29, 0.717) is 40.0 Å². The van der Waals surface area contributed by atoms with Gasteiger partial charge in [0.05, 0.1) is 29.0 Å². The smallest absolute Gasteiger partial charge is 0.230 e. The number of ether oxygens (including phenoxy) is 1. The van der Waals surface area contributed by atoms with E-state index in [1.54, 1.807) is 42.7 Å². The first-order valence-electron chi connectivity index (χ1n) is 10.0. The molecule has 2 heterocycles. The lowest BCUT2D eigenvalue weighted by Gasteiger charge is -2.11. The number of hydrogen-bond acceptors (Lipinski definition) is 7. The quantitative estimate of drug-likeness (QED) is 0.333. The van der Waals surface area contributed by atoms with Crippen LogP contribution in [-0.2, 0) is 17.9 Å². The number of nitrogens with zero attached hydrogens (tertiary/aromatic N) is 3. The number of rotatable bonds is 8. The van der Waals surface area contributed by atoms with Gasteiger partial charge in [-0.3, -0.25) is 15.2 Å². The number of aromatic nitrogens is 3. The summed E-state index contributed by atoms with van der Waals surface area (Å²) in [5, 5.41) is 4.32. The molecule has 0 saturated heterocycles. The van der Waals surface area contributed by atoms with Crippen molar-refractivity contribution < 1.29 is 13.9 Å². The fraction of sp³-hybridized carbons (Fsp3) is 0.130. The first kappa shape index (κ1) is 22.4. The van der Waals surface area contributed by atoms with Crippen molar-refractivity contribution in [2.24, 2.45) is 0 Å². The predicted octanol–water partition coefficient (Wildman–Crippen LogP) is 4.28. The van der Waals surface area contributed by atoms with E-state index in [4.69, 9.17) is 16.3 Å². The van der Waals surface area contributed by atoms with Crippen LogP contribution in [-0.4, -0.2) is 20.9 Å². The average molecular weight is 467 g/mol. The third-order valence-corrected chi connectivity index (χ3v) is 4.82. The molecule has 4 aromatic rings. The fourth-order valence-electron chi connectivity index (χ4n) is 3.01. The van der Waals surface area contributed by atoms with Crippen molar-refractivity contribution in [3.05, 3.63) is 83.0 Å². The van der Waals surface area contributed by atoms with E-state index in [0.717, 1.165) is 11.1 Å². The number of halogens is 2. The molecule has 0 aliphatic rings. The molecule has 0 bridgehead atoms. The number of carbonyl (C=O) groups is 1. The van der Waals surface area contributed by atoms with Crippen LogP contribution in [0.3, 0.4) is 0 Å². The number of carbonyl (C=O) groups excluding carboxylic acids is 1. The van der Waals surface area contributed by atoms with Gasteiger partial charge in [0.2, 0.25) is 11.9 Å². The van der Waals surface area contributed by atoms with Crippen molar-refractivity contribution in [3.63, 3.8) is 0 Å². The highest BCUT2D eigenvalue weighted by Gasteiger charge is 2.07. The van der Waals surface area contributed by atoms with Crippen LogP contribution >= 0.6 is 11.6 Å². The normalized spacial score (nSPS) is 10.8. The van der Waals surface area contributed by atoms with Crippen LogP contribution in [0.2, 0.25) is 5.02 Å². The van der Waals surface area contributed by atoms with Gasteiger partial charge in [-0.1, -0.05) is 23.7 Å². The maximum Gasteiger partial charge on any atom is 0.230 e. The van der Waals surface area contributed by atoms with Gasteiger partial charge in [0.25, 0.3) is 0 Å². The number of anilines is 2. The molecule has 33 heavy (non-hydrogen) atoms. The topological polar surface area (TPSA) is 101 Å². The van der Waals surface area contributed by atoms with E-state index in [2.05, 4.69) is 31.1 Å². The molecule has 168 valence electrons. The zero-order valence-corrected chi connectivity index (χ0v) is 18.4. The van der Waals surface area contributed by atoms with E-state index in [1.165, 1.54) is 19.1 Å². The summed E-state index contributed by atoms with van der Waals surface area (Å²) in [6, 6.07) is 13.3. The summed E-state index contributed by atoms with van der Waals surface area (Å²) in [6.45, 7) is 2.00. The van der Waals surface area contributed by atoms with E-state index >= 15 is 0 Å². The van der Waals surface area contributed by atoms with Crippen molar-refractivity contribution >= 4 is 40.0 Å². The molecule has 0 aliphatic heterocycles. The van der Waals surface area contributed by atoms with Gasteiger partial charge in [0.1, 0.15) is 18.2 Å². The predicted molar refractivity (Wildman–Crippen MR) is 123 cm³/mol. The Morgan fingerprint density at radius 1 is 1.12 bits per heavy atom. The van der Waals surface area contributed by atoms with Crippen LogP contribution < -0.4 is 20.9 Å². The second kappa shape index (κ2) is 10.2. The summed E-state index contributed by atoms with van der Waals surface area (Å²) < 4.78 is 19.0. The van der Waals surface area contributed by atoms with Crippen molar-refractivity contribution in [2.75, 3.05) is 5.32 Å². The second-order valence-corrected chi connectivity index (χ2v) is 7.56. The largest absolute Gasteiger partial charge is 0.487 e. The van der Waals surface area contributed by atoms with Crippen molar-refractivity contribution in [2.45, 2.75) is 20.1 Å². The van der Waals surface area contributed by atoms with Gasteiger partial charge in [-0.2, -0.15) is 0 Å². The standard InChI is InChI=1S/C23H20ClFN6O2/c1-14(32)31-28-11-19-8-16-10-27-23(30-21(16)12-26-19)29-18-5-6-22(20(24)9-18)33-13-15-3-2-4-17(25)7-15/h2-10,12,28H,11,13H2,1H3,(H,31,32)(H,27,29,30). The molecule has 3 N–H and O–H groups in total. The Balaban J connectivity index is 1.40. The van der Waals surface area contributed by atoms with Crippen LogP contribution in [0.25, 0.3) is 10.9 Å². The van der Waals surface area contributed by atoms with Crippen molar-refractivity contribution in [1.29, 1.82) is 0 Å². The molecule has 0 saturated carbocycles. The number of amides is 1. The van der Waals surface area contributed by atoms with E-state index in [1.807, 2.05) is 6.07 Å². The Hall–Kier alpha value is -3.82. The molecule has 0 spiro atoms. The summed E-state index contributed by atoms with van der Waals surface area (Å²) in [4.78, 5) is 24.1. The Morgan fingerprint density at radius 2 is 2.00 bits per heavy atom. The zero-order valence-electron chi connectivity index (χ0n) is 17.6. The van der Waals surface area contributed by atoms with Crippen molar-refractivity contribution in [3.8, 4) is 5.75 Å². The number of fused-ring (bicyclic) bond motifs is 1. The van der Waals surface area contributed by atoms with Gasteiger partial charge >= 0.3 is 0 Å². The molecule has 2 aromatic heterocycles. The van der Waals surface area contributed by atoms with Crippen LogP contribution in [0.15, 0.2) is 60.9 Å². The molecule has 2 aromatic carbocycles. The number of nitrogens with one attached hydrogen (secondary N) is 3. The van der Waals surface area contributed by atoms with E-state index < -0.39 is 0 Å². The van der Waals surface area contributed by atoms with Crippen LogP contribution in [0.1, 0.15) is 18.2 Å². The molecular weight excluding hydrogens is 447 g/mol. The summed E-state index contributed by atoms with van der Waals surface area (Å²) >= 11 is 6.34. The third-order valence-electron chi connectivity index (χ3n) is 4.53. The minimum atomic E-state index is -0.315. The first-order valence-corrected chi connectivity index (χ1v) is 10.4. The highest BCUT2D eigenvalue weighted by Crippen LogP contribution is 2.29. The summed E-state index contributed by atoms with van der Waals surface area (Å²) in [7, 11) is 0. The second-order valence-electron chi connectivity index (χ2n) is 7.15. The highest BCUT2D eigenvalue weighted by atomic mass is 35.5. The Morgan fingerprint density at radius 3 is 2.79 bits per heavy atom. The molecule has 0 aliphatic carbocycles. The van der Waals surface area contributed by atoms with Gasteiger partial charge < -0.3 is 10.1 Å². The van der Waals surface area contributed by atoms with Crippen LogP contribution in [0, 0.1) is 5.82 Å². The summed E-state index contributed by atoms with van der Waals surface area (Å²) in [5.74, 6) is 0.375. The number of hydrogen-bond donors (Lipinski definition) is 3. The van der Waals surface area contributed by atoms with Gasteiger partial charge in [-0.05, 0) is 42.0 Å². The monoisotopic (exact) mass is 466 g/mol. The summed E-state index contributed by atoms with van der Waals surface area (Å²) in [6.07, 6.45) is 3.33. The first-order chi connectivity index (χ1) is 16.0. The molecule has 8 nitrogen and oxygen atoms in total. The maximum absolute atomic E-state index is 13.3. The third kappa shape index (κ3) is 6.12. The Kier molecular flexibility index (Phi) is 6.92. The minimum absolute atomic E-state index is 0.180. The van der Waals surface area contributed by atoms with Crippen LogP contribution in [0.4, 0.5) is 16.0 Å². The molecule has 0 atom stereocenters. The zero-order chi connectivity index (χ0) is 23.2. The number of hydrazine groups is 1. The molecular formula is C23H20ClFN6O2. The Labute approximate surface area is 194 Å². The van der Waals surface area contributed by atoms with Gasteiger partial charge in [-0.15, -0.1) is 0 Å². The highest BCUT2D eigenvalue weighted by molar-refractivity contribution is 6.32. The van der Waals surface area contributed by atoms with Gasteiger partial charge in [-0.25, -0.2) is 19.8 Å². The van der Waals surface area contributed by atoms with Crippen molar-refractivity contribution in [1.82, 2.24) is 25.8 Å². The maximum atomic E-state index is 13.3. The van der Waals surface area contributed by atoms with E-state index in [-0.39, 0.29) is 18.3 Å². The van der Waals surface area contributed by atoms with E-state index in [9.17, 15) is 9.18 Å². The summed E-state index contributed by atoms with van der Waals surface area (Å²) in [5.41, 5.74) is 8.08. The Bertz CT molecular complexity index is 1300. The average Bonchev–Trinajstić information content (AvgIpc) is 2.78. The molecule has 10 heteroatoms. The molecule has 1 amide bonds. The number of pyridine rings is 1. The van der Waals surface area contributed by atoms with Crippen LogP contribution in [0.5, 0.6) is 5.75 Å².